The van der Waals surface area contributed by atoms with Gasteiger partial charge in [0.25, 0.3) is 0 Å². The highest BCUT2D eigenvalue weighted by Crippen LogP contribution is 2.28. The quantitative estimate of drug-likeness (QED) is 0.817. The van der Waals surface area contributed by atoms with Crippen LogP contribution in [0, 0.1) is 5.41 Å². The molecule has 5 nitrogen and oxygen atoms in total. The summed E-state index contributed by atoms with van der Waals surface area (Å²) in [6.07, 6.45) is 1.34. The number of carbonyl (C=O) groups excluding carboxylic acids is 1. The highest BCUT2D eigenvalue weighted by atomic mass is 35.5. The van der Waals surface area contributed by atoms with Gasteiger partial charge in [-0.1, -0.05) is 44.2 Å². The number of benzene rings is 1. The lowest BCUT2D eigenvalue weighted by Crippen LogP contribution is -2.54. The van der Waals surface area contributed by atoms with Crippen LogP contribution in [-0.4, -0.2) is 60.6 Å². The van der Waals surface area contributed by atoms with E-state index in [1.54, 1.807) is 0 Å². The first-order valence-corrected chi connectivity index (χ1v) is 9.35. The van der Waals surface area contributed by atoms with Gasteiger partial charge in [-0.15, -0.1) is 24.8 Å². The fraction of sp³-hybridized carbons (Fsp3) is 0.650. The Kier molecular flexibility index (Phi) is 9.52. The molecule has 27 heavy (non-hydrogen) atoms. The molecular weight excluding hydrogens is 385 g/mol. The van der Waals surface area contributed by atoms with Gasteiger partial charge in [0.2, 0.25) is 5.91 Å². The van der Waals surface area contributed by atoms with E-state index in [1.807, 2.05) is 11.0 Å². The molecule has 2 heterocycles. The summed E-state index contributed by atoms with van der Waals surface area (Å²) >= 11 is 0. The van der Waals surface area contributed by atoms with Crippen LogP contribution in [0.5, 0.6) is 0 Å². The largest absolute Gasteiger partial charge is 0.375 e. The number of nitrogens with two attached hydrogens (primary N) is 1. The van der Waals surface area contributed by atoms with E-state index >= 15 is 0 Å². The molecule has 1 aromatic rings. The highest BCUT2D eigenvalue weighted by Gasteiger charge is 2.36. The number of hydrogen-bond donors (Lipinski definition) is 1. The number of amides is 1. The molecular formula is C20H33Cl2N3O2. The van der Waals surface area contributed by atoms with Crippen LogP contribution in [-0.2, 0) is 16.1 Å². The minimum Gasteiger partial charge on any atom is -0.375 e. The van der Waals surface area contributed by atoms with Gasteiger partial charge in [-0.25, -0.2) is 0 Å². The summed E-state index contributed by atoms with van der Waals surface area (Å²) < 4.78 is 5.87. The van der Waals surface area contributed by atoms with Crippen LogP contribution < -0.4 is 5.73 Å². The number of ether oxygens (including phenoxy) is 1. The van der Waals surface area contributed by atoms with E-state index in [0.717, 1.165) is 39.1 Å². The van der Waals surface area contributed by atoms with Crippen molar-refractivity contribution in [3.05, 3.63) is 35.9 Å². The molecule has 2 aliphatic rings. The van der Waals surface area contributed by atoms with E-state index in [0.29, 0.717) is 13.0 Å². The minimum absolute atomic E-state index is 0. The zero-order valence-electron chi connectivity index (χ0n) is 16.3. The number of halogens is 2. The molecule has 2 fully saturated rings. The maximum absolute atomic E-state index is 12.7. The molecule has 2 N–H and O–H groups in total. The van der Waals surface area contributed by atoms with Crippen molar-refractivity contribution < 1.29 is 9.53 Å². The number of rotatable bonds is 4. The van der Waals surface area contributed by atoms with E-state index < -0.39 is 0 Å². The molecule has 0 aliphatic carbocycles. The lowest BCUT2D eigenvalue weighted by atomic mass is 9.79. The van der Waals surface area contributed by atoms with Crippen LogP contribution in [0.25, 0.3) is 0 Å². The third kappa shape index (κ3) is 6.61. The Morgan fingerprint density at radius 3 is 2.59 bits per heavy atom. The number of hydrogen-bond acceptors (Lipinski definition) is 4. The SMILES string of the molecule is CC1(C)CN(C(=O)CC2CN(Cc3ccccc3)CCO2)CCC1N.Cl.Cl. The zero-order chi connectivity index (χ0) is 17.9. The first kappa shape index (κ1) is 24.2. The predicted molar refractivity (Wildman–Crippen MR) is 114 cm³/mol. The Morgan fingerprint density at radius 1 is 1.22 bits per heavy atom. The fourth-order valence-electron chi connectivity index (χ4n) is 3.80. The van der Waals surface area contributed by atoms with E-state index in [2.05, 4.69) is 43.0 Å². The fourth-order valence-corrected chi connectivity index (χ4v) is 3.80. The zero-order valence-corrected chi connectivity index (χ0v) is 17.9. The van der Waals surface area contributed by atoms with E-state index in [4.69, 9.17) is 10.5 Å². The Balaban J connectivity index is 0.00000182. The summed E-state index contributed by atoms with van der Waals surface area (Å²) in [6, 6.07) is 10.6. The summed E-state index contributed by atoms with van der Waals surface area (Å²) in [6.45, 7) is 9.16. The molecule has 2 saturated heterocycles. The van der Waals surface area contributed by atoms with Crippen LogP contribution in [0.4, 0.5) is 0 Å². The Morgan fingerprint density at radius 2 is 1.93 bits per heavy atom. The summed E-state index contributed by atoms with van der Waals surface area (Å²) in [4.78, 5) is 17.1. The summed E-state index contributed by atoms with van der Waals surface area (Å²) in [5.41, 5.74) is 7.47. The van der Waals surface area contributed by atoms with Gasteiger partial charge in [-0.2, -0.15) is 0 Å². The molecule has 0 spiro atoms. The Hall–Kier alpha value is -0.850. The first-order chi connectivity index (χ1) is 11.9. The summed E-state index contributed by atoms with van der Waals surface area (Å²) in [5.74, 6) is 0.200. The average molecular weight is 418 g/mol. The monoisotopic (exact) mass is 417 g/mol. The molecule has 0 bridgehead atoms. The van der Waals surface area contributed by atoms with Gasteiger partial charge in [0.1, 0.15) is 0 Å². The molecule has 1 aromatic carbocycles. The average Bonchev–Trinajstić information content (AvgIpc) is 2.58. The number of nitrogens with zero attached hydrogens (tertiary/aromatic N) is 2. The second kappa shape index (κ2) is 10.6. The van der Waals surface area contributed by atoms with E-state index in [1.165, 1.54) is 5.56 Å². The predicted octanol–water partition coefficient (Wildman–Crippen LogP) is 2.71. The van der Waals surface area contributed by atoms with Crippen molar-refractivity contribution in [2.75, 3.05) is 32.8 Å². The van der Waals surface area contributed by atoms with Crippen molar-refractivity contribution in [1.29, 1.82) is 0 Å². The Labute approximate surface area is 175 Å². The molecule has 0 radical (unpaired) electrons. The maximum atomic E-state index is 12.7. The lowest BCUT2D eigenvalue weighted by Gasteiger charge is -2.43. The van der Waals surface area contributed by atoms with Crippen molar-refractivity contribution >= 4 is 30.7 Å². The smallest absolute Gasteiger partial charge is 0.225 e. The molecule has 2 atom stereocenters. The summed E-state index contributed by atoms with van der Waals surface area (Å²) in [7, 11) is 0. The van der Waals surface area contributed by atoms with Crippen LogP contribution in [0.2, 0.25) is 0 Å². The molecule has 7 heteroatoms. The van der Waals surface area contributed by atoms with Crippen LogP contribution in [0.15, 0.2) is 30.3 Å². The van der Waals surface area contributed by atoms with Gasteiger partial charge in [0, 0.05) is 38.8 Å². The minimum atomic E-state index is -0.0132. The maximum Gasteiger partial charge on any atom is 0.225 e. The standard InChI is InChI=1S/C20H31N3O2.2ClH/c1-20(2)15-23(9-8-18(20)21)19(24)12-17-14-22(10-11-25-17)13-16-6-4-3-5-7-16;;/h3-7,17-18H,8-15,21H2,1-2H3;2*1H. The van der Waals surface area contributed by atoms with Crippen molar-refractivity contribution in [3.63, 3.8) is 0 Å². The molecule has 3 rings (SSSR count). The second-order valence-electron chi connectivity index (χ2n) is 8.12. The van der Waals surface area contributed by atoms with Crippen molar-refractivity contribution in [3.8, 4) is 0 Å². The van der Waals surface area contributed by atoms with Gasteiger partial charge in [0.05, 0.1) is 19.1 Å². The third-order valence-electron chi connectivity index (χ3n) is 5.54. The van der Waals surface area contributed by atoms with Gasteiger partial charge >= 0.3 is 0 Å². The van der Waals surface area contributed by atoms with Crippen molar-refractivity contribution in [2.45, 2.75) is 45.4 Å². The topological polar surface area (TPSA) is 58.8 Å². The van der Waals surface area contributed by atoms with E-state index in [-0.39, 0.29) is 48.3 Å². The normalized spacial score (nSPS) is 25.2. The number of carbonyl (C=O) groups is 1. The van der Waals surface area contributed by atoms with Crippen LogP contribution in [0.1, 0.15) is 32.3 Å². The summed E-state index contributed by atoms with van der Waals surface area (Å²) in [5, 5.41) is 0. The van der Waals surface area contributed by atoms with Crippen molar-refractivity contribution in [1.82, 2.24) is 9.80 Å². The van der Waals surface area contributed by atoms with Crippen LogP contribution >= 0.6 is 24.8 Å². The molecule has 2 unspecified atom stereocenters. The van der Waals surface area contributed by atoms with Gasteiger partial charge in [-0.3, -0.25) is 9.69 Å². The molecule has 2 aliphatic heterocycles. The highest BCUT2D eigenvalue weighted by molar-refractivity contribution is 5.85. The van der Waals surface area contributed by atoms with E-state index in [9.17, 15) is 4.79 Å². The molecule has 0 aromatic heterocycles. The van der Waals surface area contributed by atoms with Crippen molar-refractivity contribution in [2.24, 2.45) is 11.1 Å². The number of piperidine rings is 1. The first-order valence-electron chi connectivity index (χ1n) is 9.35. The molecule has 1 amide bonds. The lowest BCUT2D eigenvalue weighted by molar-refractivity contribution is -0.139. The number of morpholine rings is 1. The van der Waals surface area contributed by atoms with Gasteiger partial charge < -0.3 is 15.4 Å². The third-order valence-corrected chi connectivity index (χ3v) is 5.54. The molecule has 0 saturated carbocycles. The molecule has 154 valence electrons. The van der Waals surface area contributed by atoms with Gasteiger partial charge in [-0.05, 0) is 17.4 Å². The van der Waals surface area contributed by atoms with Gasteiger partial charge in [0.15, 0.2) is 0 Å². The second-order valence-corrected chi connectivity index (χ2v) is 8.12. The van der Waals surface area contributed by atoms with Crippen LogP contribution in [0.3, 0.4) is 0 Å². The number of likely N-dealkylation sites (tertiary alicyclic amines) is 1. The Bertz CT molecular complexity index is 586.